The molecular weight excluding hydrogens is 415 g/mol. The SMILES string of the molecule is O=C(Nc1ccc(OC(F)F)c(Cl)c1)c1ccc(COc2cccc(Cl)c2)o1. The lowest BCUT2D eigenvalue weighted by atomic mass is 10.3. The molecule has 1 N–H and O–H groups in total. The van der Waals surface area contributed by atoms with Gasteiger partial charge in [-0.3, -0.25) is 4.79 Å². The van der Waals surface area contributed by atoms with Crippen molar-refractivity contribution in [2.45, 2.75) is 13.2 Å². The van der Waals surface area contributed by atoms with E-state index >= 15 is 0 Å². The van der Waals surface area contributed by atoms with Gasteiger partial charge in [-0.15, -0.1) is 0 Å². The number of carbonyl (C=O) groups excluding carboxylic acids is 1. The van der Waals surface area contributed by atoms with Gasteiger partial charge in [0.2, 0.25) is 0 Å². The Bertz CT molecular complexity index is 978. The lowest BCUT2D eigenvalue weighted by Gasteiger charge is -2.09. The Morgan fingerprint density at radius 2 is 1.93 bits per heavy atom. The van der Waals surface area contributed by atoms with Crippen LogP contribution >= 0.6 is 23.2 Å². The van der Waals surface area contributed by atoms with Crippen LogP contribution in [0.4, 0.5) is 14.5 Å². The second kappa shape index (κ2) is 8.95. The number of carbonyl (C=O) groups is 1. The van der Waals surface area contributed by atoms with E-state index in [2.05, 4.69) is 10.1 Å². The van der Waals surface area contributed by atoms with Gasteiger partial charge in [0.15, 0.2) is 5.76 Å². The highest BCUT2D eigenvalue weighted by atomic mass is 35.5. The van der Waals surface area contributed by atoms with Gasteiger partial charge in [0.1, 0.15) is 23.9 Å². The Morgan fingerprint density at radius 1 is 1.11 bits per heavy atom. The second-order valence-corrected chi connectivity index (χ2v) is 6.33. The maximum absolute atomic E-state index is 12.3. The molecule has 3 aromatic rings. The zero-order valence-corrected chi connectivity index (χ0v) is 15.6. The molecule has 1 amide bonds. The molecule has 0 aliphatic heterocycles. The summed E-state index contributed by atoms with van der Waals surface area (Å²) in [4.78, 5) is 12.3. The fraction of sp³-hybridized carbons (Fsp3) is 0.105. The van der Waals surface area contributed by atoms with Crippen LogP contribution in [0.15, 0.2) is 59.0 Å². The molecule has 0 saturated carbocycles. The molecule has 0 radical (unpaired) electrons. The van der Waals surface area contributed by atoms with Crippen LogP contribution in [0.25, 0.3) is 0 Å². The van der Waals surface area contributed by atoms with Crippen molar-refractivity contribution < 1.29 is 27.5 Å². The predicted octanol–water partition coefficient (Wildman–Crippen LogP) is 6.02. The largest absolute Gasteiger partial charge is 0.486 e. The molecule has 0 atom stereocenters. The van der Waals surface area contributed by atoms with Gasteiger partial charge >= 0.3 is 6.61 Å². The first kappa shape index (κ1) is 20.0. The minimum atomic E-state index is -2.99. The smallest absolute Gasteiger partial charge is 0.387 e. The molecule has 3 rings (SSSR count). The lowest BCUT2D eigenvalue weighted by molar-refractivity contribution is -0.0497. The summed E-state index contributed by atoms with van der Waals surface area (Å²) in [5, 5.41) is 3.04. The monoisotopic (exact) mass is 427 g/mol. The highest BCUT2D eigenvalue weighted by Gasteiger charge is 2.14. The molecule has 146 valence electrons. The standard InChI is InChI=1S/C19H13Cl2F2NO4/c20-11-2-1-3-13(8-11)26-10-14-5-7-17(27-14)18(25)24-12-4-6-16(15(21)9-12)28-19(22)23/h1-9,19H,10H2,(H,24,25). The summed E-state index contributed by atoms with van der Waals surface area (Å²) in [6.45, 7) is -2.88. The van der Waals surface area contributed by atoms with Crippen molar-refractivity contribution in [3.63, 3.8) is 0 Å². The zero-order valence-electron chi connectivity index (χ0n) is 14.1. The van der Waals surface area contributed by atoms with E-state index in [4.69, 9.17) is 32.4 Å². The number of anilines is 1. The van der Waals surface area contributed by atoms with Crippen molar-refractivity contribution in [3.8, 4) is 11.5 Å². The van der Waals surface area contributed by atoms with Gasteiger partial charge in [0, 0.05) is 10.7 Å². The van der Waals surface area contributed by atoms with Crippen LogP contribution in [0, 0.1) is 0 Å². The molecule has 2 aromatic carbocycles. The van der Waals surface area contributed by atoms with Crippen molar-refractivity contribution in [2.24, 2.45) is 0 Å². The van der Waals surface area contributed by atoms with Crippen LogP contribution in [0.5, 0.6) is 11.5 Å². The molecule has 0 unspecified atom stereocenters. The van der Waals surface area contributed by atoms with Crippen LogP contribution in [0.2, 0.25) is 10.0 Å². The number of furan rings is 1. The molecule has 0 aliphatic carbocycles. The van der Waals surface area contributed by atoms with E-state index in [1.807, 2.05) is 0 Å². The number of ether oxygens (including phenoxy) is 2. The Balaban J connectivity index is 1.60. The average molecular weight is 428 g/mol. The van der Waals surface area contributed by atoms with E-state index in [0.29, 0.717) is 22.2 Å². The number of rotatable bonds is 7. The molecule has 0 aliphatic rings. The number of alkyl halides is 2. The predicted molar refractivity (Wildman–Crippen MR) is 101 cm³/mol. The molecule has 0 fully saturated rings. The molecule has 0 spiro atoms. The minimum absolute atomic E-state index is 0.0497. The Morgan fingerprint density at radius 3 is 2.64 bits per heavy atom. The van der Waals surface area contributed by atoms with Crippen LogP contribution in [-0.4, -0.2) is 12.5 Å². The molecular formula is C19H13Cl2F2NO4. The Kier molecular flexibility index (Phi) is 6.38. The number of hydrogen-bond donors (Lipinski definition) is 1. The van der Waals surface area contributed by atoms with Gasteiger partial charge in [0.25, 0.3) is 5.91 Å². The lowest BCUT2D eigenvalue weighted by Crippen LogP contribution is -2.11. The van der Waals surface area contributed by atoms with E-state index in [1.165, 1.54) is 24.3 Å². The highest BCUT2D eigenvalue weighted by Crippen LogP contribution is 2.29. The second-order valence-electron chi connectivity index (χ2n) is 5.49. The van der Waals surface area contributed by atoms with E-state index in [1.54, 1.807) is 30.3 Å². The van der Waals surface area contributed by atoms with E-state index in [-0.39, 0.29) is 23.1 Å². The molecule has 5 nitrogen and oxygen atoms in total. The quantitative estimate of drug-likeness (QED) is 0.500. The zero-order chi connectivity index (χ0) is 20.1. The van der Waals surface area contributed by atoms with Crippen LogP contribution in [0.1, 0.15) is 16.3 Å². The number of hydrogen-bond acceptors (Lipinski definition) is 4. The summed E-state index contributed by atoms with van der Waals surface area (Å²) in [5.74, 6) is 0.328. The summed E-state index contributed by atoms with van der Waals surface area (Å²) >= 11 is 11.7. The van der Waals surface area contributed by atoms with E-state index < -0.39 is 12.5 Å². The topological polar surface area (TPSA) is 60.7 Å². The first-order chi connectivity index (χ1) is 13.4. The maximum atomic E-state index is 12.3. The van der Waals surface area contributed by atoms with Crippen molar-refractivity contribution in [3.05, 3.63) is 76.2 Å². The van der Waals surface area contributed by atoms with E-state index in [9.17, 15) is 13.6 Å². The van der Waals surface area contributed by atoms with Crippen LogP contribution in [-0.2, 0) is 6.61 Å². The summed E-state index contributed by atoms with van der Waals surface area (Å²) in [5.41, 5.74) is 0.296. The molecule has 0 saturated heterocycles. The third-order valence-electron chi connectivity index (χ3n) is 3.47. The summed E-state index contributed by atoms with van der Waals surface area (Å²) in [6.07, 6.45) is 0. The minimum Gasteiger partial charge on any atom is -0.486 e. The number of halogens is 4. The van der Waals surface area contributed by atoms with E-state index in [0.717, 1.165) is 0 Å². The third-order valence-corrected chi connectivity index (χ3v) is 4.00. The number of nitrogens with one attached hydrogen (secondary N) is 1. The number of amides is 1. The van der Waals surface area contributed by atoms with Crippen molar-refractivity contribution >= 4 is 34.8 Å². The average Bonchev–Trinajstić information content (AvgIpc) is 3.11. The fourth-order valence-electron chi connectivity index (χ4n) is 2.25. The highest BCUT2D eigenvalue weighted by molar-refractivity contribution is 6.32. The van der Waals surface area contributed by atoms with Gasteiger partial charge in [0.05, 0.1) is 5.02 Å². The Hall–Kier alpha value is -2.77. The summed E-state index contributed by atoms with van der Waals surface area (Å²) < 4.78 is 39.7. The summed E-state index contributed by atoms with van der Waals surface area (Å²) in [6, 6.07) is 13.9. The van der Waals surface area contributed by atoms with Gasteiger partial charge in [-0.2, -0.15) is 8.78 Å². The third kappa shape index (κ3) is 5.37. The fourth-order valence-corrected chi connectivity index (χ4v) is 2.66. The van der Waals surface area contributed by atoms with Gasteiger partial charge < -0.3 is 19.2 Å². The van der Waals surface area contributed by atoms with Crippen LogP contribution < -0.4 is 14.8 Å². The molecule has 0 bridgehead atoms. The van der Waals surface area contributed by atoms with Gasteiger partial charge in [-0.1, -0.05) is 29.3 Å². The normalized spacial score (nSPS) is 10.8. The first-order valence-corrected chi connectivity index (χ1v) is 8.69. The van der Waals surface area contributed by atoms with Crippen molar-refractivity contribution in [1.82, 2.24) is 0 Å². The van der Waals surface area contributed by atoms with Crippen molar-refractivity contribution in [2.75, 3.05) is 5.32 Å². The summed E-state index contributed by atoms with van der Waals surface area (Å²) in [7, 11) is 0. The first-order valence-electron chi connectivity index (χ1n) is 7.93. The van der Waals surface area contributed by atoms with Gasteiger partial charge in [-0.25, -0.2) is 0 Å². The Labute approximate surface area is 168 Å². The maximum Gasteiger partial charge on any atom is 0.387 e. The van der Waals surface area contributed by atoms with Crippen molar-refractivity contribution in [1.29, 1.82) is 0 Å². The molecule has 9 heteroatoms. The number of benzene rings is 2. The molecule has 1 heterocycles. The molecule has 1 aromatic heterocycles. The van der Waals surface area contributed by atoms with Gasteiger partial charge in [-0.05, 0) is 48.5 Å². The van der Waals surface area contributed by atoms with Crippen LogP contribution in [0.3, 0.4) is 0 Å². The molecule has 28 heavy (non-hydrogen) atoms.